The molecule has 1 aliphatic rings. The third kappa shape index (κ3) is 3.93. The summed E-state index contributed by atoms with van der Waals surface area (Å²) in [5.74, 6) is -0.208. The zero-order valence-electron chi connectivity index (χ0n) is 13.7. The Morgan fingerprint density at radius 1 is 1.45 bits per heavy atom. The van der Waals surface area contributed by atoms with Crippen LogP contribution in [0.1, 0.15) is 33.6 Å². The lowest BCUT2D eigenvalue weighted by atomic mass is 10.1. The van der Waals surface area contributed by atoms with Crippen LogP contribution in [-0.4, -0.2) is 39.6 Å². The van der Waals surface area contributed by atoms with Gasteiger partial charge in [-0.3, -0.25) is 10.1 Å². The van der Waals surface area contributed by atoms with Crippen molar-refractivity contribution in [1.82, 2.24) is 5.32 Å². The van der Waals surface area contributed by atoms with Gasteiger partial charge in [-0.15, -0.1) is 6.58 Å². The van der Waals surface area contributed by atoms with Crippen LogP contribution in [-0.2, 0) is 14.0 Å². The second-order valence-corrected chi connectivity index (χ2v) is 11.8. The molecule has 1 aliphatic heterocycles. The van der Waals surface area contributed by atoms with Gasteiger partial charge in [-0.25, -0.2) is 0 Å². The molecule has 5 heteroatoms. The summed E-state index contributed by atoms with van der Waals surface area (Å²) >= 11 is 0. The second kappa shape index (κ2) is 6.41. The van der Waals surface area contributed by atoms with E-state index in [2.05, 4.69) is 45.8 Å². The Kier molecular flexibility index (Phi) is 5.58. The number of hydrogen-bond acceptors (Lipinski definition) is 4. The van der Waals surface area contributed by atoms with Crippen LogP contribution in [0.3, 0.4) is 0 Å². The molecule has 0 radical (unpaired) electrons. The van der Waals surface area contributed by atoms with Crippen LogP contribution in [0, 0.1) is 0 Å². The highest BCUT2D eigenvalue weighted by molar-refractivity contribution is 6.74. The molecule has 0 spiro atoms. The average Bonchev–Trinajstić information content (AvgIpc) is 2.70. The molecular formula is C15H29NO3Si. The predicted octanol–water partition coefficient (Wildman–Crippen LogP) is 2.86. The number of hydrogen-bond donors (Lipinski definition) is 1. The molecule has 3 atom stereocenters. The minimum absolute atomic E-state index is 0.0537. The van der Waals surface area contributed by atoms with Crippen LogP contribution in [0.15, 0.2) is 12.7 Å². The maximum atomic E-state index is 11.7. The topological polar surface area (TPSA) is 47.6 Å². The van der Waals surface area contributed by atoms with E-state index in [1.807, 2.05) is 6.08 Å². The van der Waals surface area contributed by atoms with Crippen molar-refractivity contribution in [3.05, 3.63) is 12.7 Å². The van der Waals surface area contributed by atoms with Crippen LogP contribution in [0.25, 0.3) is 0 Å². The SMILES string of the molecule is C=CC[C@@H]1N[C@H](C(=O)OC)C[C@@H]1O[Si](C)(C)C(C)(C)C. The second-order valence-electron chi connectivity index (χ2n) is 7.03. The maximum absolute atomic E-state index is 11.7. The quantitative estimate of drug-likeness (QED) is 0.482. The molecule has 1 fully saturated rings. The van der Waals surface area contributed by atoms with Gasteiger partial charge in [0.05, 0.1) is 13.2 Å². The van der Waals surface area contributed by atoms with Gasteiger partial charge < -0.3 is 9.16 Å². The number of carbonyl (C=O) groups is 1. The molecule has 0 unspecified atom stereocenters. The third-order valence-electron chi connectivity index (χ3n) is 4.49. The van der Waals surface area contributed by atoms with Crippen LogP contribution in [0.2, 0.25) is 18.1 Å². The fourth-order valence-corrected chi connectivity index (χ4v) is 3.59. The summed E-state index contributed by atoms with van der Waals surface area (Å²) < 4.78 is 11.3. The Bertz CT molecular complexity index is 363. The lowest BCUT2D eigenvalue weighted by molar-refractivity contribution is -0.142. The van der Waals surface area contributed by atoms with Crippen molar-refractivity contribution in [2.45, 2.75) is 69.9 Å². The van der Waals surface area contributed by atoms with Gasteiger partial charge in [0.15, 0.2) is 8.32 Å². The number of esters is 1. The fraction of sp³-hybridized carbons (Fsp3) is 0.800. The maximum Gasteiger partial charge on any atom is 0.322 e. The molecule has 1 N–H and O–H groups in total. The average molecular weight is 299 g/mol. The Labute approximate surface area is 124 Å². The van der Waals surface area contributed by atoms with Crippen molar-refractivity contribution in [3.8, 4) is 0 Å². The van der Waals surface area contributed by atoms with Crippen LogP contribution in [0.4, 0.5) is 0 Å². The number of carbonyl (C=O) groups excluding carboxylic acids is 1. The lowest BCUT2D eigenvalue weighted by Gasteiger charge is -2.39. The van der Waals surface area contributed by atoms with E-state index in [1.165, 1.54) is 7.11 Å². The Hall–Kier alpha value is -0.653. The summed E-state index contributed by atoms with van der Waals surface area (Å²) in [4.78, 5) is 11.7. The Balaban J connectivity index is 2.80. The van der Waals surface area contributed by atoms with E-state index in [-0.39, 0.29) is 29.2 Å². The molecule has 0 aromatic heterocycles. The van der Waals surface area contributed by atoms with Crippen molar-refractivity contribution < 1.29 is 14.0 Å². The van der Waals surface area contributed by atoms with Gasteiger partial charge in [0.1, 0.15) is 6.04 Å². The standard InChI is InChI=1S/C15H29NO3Si/c1-8-9-11-13(10-12(16-11)14(17)18-5)19-20(6,7)15(2,3)4/h8,11-13,16H,1,9-10H2,2-7H3/t11-,12-,13-/m0/s1. The lowest BCUT2D eigenvalue weighted by Crippen LogP contribution is -2.47. The summed E-state index contributed by atoms with van der Waals surface area (Å²) in [5.41, 5.74) is 0. The first-order valence-corrected chi connectivity index (χ1v) is 10.2. The zero-order valence-corrected chi connectivity index (χ0v) is 14.7. The van der Waals surface area contributed by atoms with Gasteiger partial charge in [0.2, 0.25) is 0 Å². The molecule has 1 heterocycles. The fourth-order valence-electron chi connectivity index (χ4n) is 2.22. The first-order chi connectivity index (χ1) is 9.12. The smallest absolute Gasteiger partial charge is 0.322 e. The van der Waals surface area contributed by atoms with E-state index in [0.717, 1.165) is 6.42 Å². The van der Waals surface area contributed by atoms with Crippen molar-refractivity contribution in [2.24, 2.45) is 0 Å². The molecule has 0 amide bonds. The minimum Gasteiger partial charge on any atom is -0.468 e. The number of methoxy groups -OCH3 is 1. The van der Waals surface area contributed by atoms with Crippen molar-refractivity contribution in [2.75, 3.05) is 7.11 Å². The highest BCUT2D eigenvalue weighted by Gasteiger charge is 2.45. The van der Waals surface area contributed by atoms with E-state index < -0.39 is 8.32 Å². The van der Waals surface area contributed by atoms with Gasteiger partial charge in [-0.05, 0) is 31.0 Å². The first-order valence-electron chi connectivity index (χ1n) is 7.25. The summed E-state index contributed by atoms with van der Waals surface area (Å²) in [6, 6.07) is -0.120. The molecule has 20 heavy (non-hydrogen) atoms. The monoisotopic (exact) mass is 299 g/mol. The molecule has 4 nitrogen and oxygen atoms in total. The summed E-state index contributed by atoms with van der Waals surface area (Å²) in [5, 5.41) is 3.48. The summed E-state index contributed by atoms with van der Waals surface area (Å²) in [7, 11) is -0.417. The highest BCUT2D eigenvalue weighted by Crippen LogP contribution is 2.39. The molecule has 116 valence electrons. The minimum atomic E-state index is -1.84. The molecular weight excluding hydrogens is 270 g/mol. The predicted molar refractivity (Wildman–Crippen MR) is 84.2 cm³/mol. The van der Waals surface area contributed by atoms with E-state index in [9.17, 15) is 4.79 Å². The van der Waals surface area contributed by atoms with E-state index in [1.54, 1.807) is 0 Å². The Morgan fingerprint density at radius 2 is 2.05 bits per heavy atom. The molecule has 1 rings (SSSR count). The molecule has 0 aromatic carbocycles. The molecule has 0 saturated carbocycles. The summed E-state index contributed by atoms with van der Waals surface area (Å²) in [6.07, 6.45) is 3.40. The van der Waals surface area contributed by atoms with E-state index in [4.69, 9.17) is 9.16 Å². The molecule has 0 aliphatic carbocycles. The zero-order chi connectivity index (χ0) is 15.6. The Morgan fingerprint density at radius 3 is 2.50 bits per heavy atom. The summed E-state index contributed by atoms with van der Waals surface area (Å²) in [6.45, 7) is 14.9. The van der Waals surface area contributed by atoms with Crippen molar-refractivity contribution in [1.29, 1.82) is 0 Å². The van der Waals surface area contributed by atoms with E-state index >= 15 is 0 Å². The van der Waals surface area contributed by atoms with Gasteiger partial charge >= 0.3 is 5.97 Å². The highest BCUT2D eigenvalue weighted by atomic mass is 28.4. The molecule has 0 aromatic rings. The normalized spacial score (nSPS) is 27.4. The number of rotatable bonds is 5. The number of nitrogens with one attached hydrogen (secondary N) is 1. The van der Waals surface area contributed by atoms with Gasteiger partial charge in [-0.1, -0.05) is 26.8 Å². The largest absolute Gasteiger partial charge is 0.468 e. The number of ether oxygens (including phenoxy) is 1. The van der Waals surface area contributed by atoms with Crippen LogP contribution in [0.5, 0.6) is 0 Å². The van der Waals surface area contributed by atoms with Gasteiger partial charge in [-0.2, -0.15) is 0 Å². The van der Waals surface area contributed by atoms with E-state index in [0.29, 0.717) is 6.42 Å². The van der Waals surface area contributed by atoms with Crippen LogP contribution >= 0.6 is 0 Å². The third-order valence-corrected chi connectivity index (χ3v) is 8.99. The van der Waals surface area contributed by atoms with Gasteiger partial charge in [0.25, 0.3) is 0 Å². The van der Waals surface area contributed by atoms with Crippen molar-refractivity contribution >= 4 is 14.3 Å². The van der Waals surface area contributed by atoms with Crippen molar-refractivity contribution in [3.63, 3.8) is 0 Å². The first kappa shape index (κ1) is 17.4. The van der Waals surface area contributed by atoms with Gasteiger partial charge in [0, 0.05) is 6.04 Å². The molecule has 0 bridgehead atoms. The molecule has 1 saturated heterocycles. The van der Waals surface area contributed by atoms with Crippen LogP contribution < -0.4 is 5.32 Å².